The van der Waals surface area contributed by atoms with E-state index < -0.39 is 0 Å². The number of piperidine rings is 1. The van der Waals surface area contributed by atoms with Gasteiger partial charge < -0.3 is 10.2 Å². The fraction of sp³-hybridized carbons (Fsp3) is 0.562. The van der Waals surface area contributed by atoms with Crippen LogP contribution in [0.3, 0.4) is 0 Å². The van der Waals surface area contributed by atoms with Crippen molar-refractivity contribution in [1.82, 2.24) is 4.90 Å². The van der Waals surface area contributed by atoms with Crippen molar-refractivity contribution >= 4 is 11.6 Å². The number of likely N-dealkylation sites (tertiary alicyclic amines) is 1. The molecular weight excluding hydrogens is 236 g/mol. The number of carbonyl (C=O) groups excluding carboxylic acids is 1. The highest BCUT2D eigenvalue weighted by molar-refractivity contribution is 6.03. The van der Waals surface area contributed by atoms with Crippen molar-refractivity contribution in [3.8, 4) is 0 Å². The van der Waals surface area contributed by atoms with Gasteiger partial charge in [-0.2, -0.15) is 0 Å². The van der Waals surface area contributed by atoms with E-state index in [0.29, 0.717) is 5.92 Å². The first-order valence-corrected chi connectivity index (χ1v) is 7.41. The third-order valence-corrected chi connectivity index (χ3v) is 4.39. The zero-order valence-corrected chi connectivity index (χ0v) is 11.6. The van der Waals surface area contributed by atoms with Crippen molar-refractivity contribution < 1.29 is 4.79 Å². The summed E-state index contributed by atoms with van der Waals surface area (Å²) in [6.07, 6.45) is 3.59. The molecule has 2 aliphatic rings. The van der Waals surface area contributed by atoms with E-state index in [1.807, 2.05) is 18.2 Å². The van der Waals surface area contributed by atoms with E-state index in [9.17, 15) is 4.79 Å². The SMILES string of the molecule is CCCN1CCC[C@@H]([C@H]2C(=O)Nc3ccccc32)C1. The van der Waals surface area contributed by atoms with Crippen LogP contribution >= 0.6 is 0 Å². The number of rotatable bonds is 3. The fourth-order valence-electron chi connectivity index (χ4n) is 3.58. The molecule has 1 saturated heterocycles. The molecule has 2 aliphatic heterocycles. The average Bonchev–Trinajstić information content (AvgIpc) is 2.75. The van der Waals surface area contributed by atoms with Gasteiger partial charge in [0.1, 0.15) is 0 Å². The Kier molecular flexibility index (Phi) is 3.56. The van der Waals surface area contributed by atoms with Gasteiger partial charge in [0.15, 0.2) is 0 Å². The molecule has 1 amide bonds. The van der Waals surface area contributed by atoms with Gasteiger partial charge >= 0.3 is 0 Å². The minimum absolute atomic E-state index is 0.0656. The predicted octanol–water partition coefficient (Wildman–Crippen LogP) is 2.84. The maximum absolute atomic E-state index is 12.3. The molecule has 0 aliphatic carbocycles. The van der Waals surface area contributed by atoms with Crippen LogP contribution in [0.25, 0.3) is 0 Å². The van der Waals surface area contributed by atoms with Crippen molar-refractivity contribution in [2.45, 2.75) is 32.1 Å². The molecule has 3 heteroatoms. The molecule has 3 rings (SSSR count). The topological polar surface area (TPSA) is 32.3 Å². The molecule has 0 aromatic heterocycles. The van der Waals surface area contributed by atoms with E-state index in [1.165, 1.54) is 31.4 Å². The Balaban J connectivity index is 1.80. The van der Waals surface area contributed by atoms with Gasteiger partial charge in [-0.05, 0) is 49.9 Å². The van der Waals surface area contributed by atoms with Crippen LogP contribution in [0.1, 0.15) is 37.7 Å². The standard InChI is InChI=1S/C16H22N2O/c1-2-9-18-10-5-6-12(11-18)15-13-7-3-4-8-14(13)17-16(15)19/h3-4,7-8,12,15H,2,5-6,9-11H2,1H3,(H,17,19)/t12-,15-/m1/s1. The highest BCUT2D eigenvalue weighted by atomic mass is 16.2. The normalized spacial score (nSPS) is 27.1. The van der Waals surface area contributed by atoms with Crippen LogP contribution in [0.4, 0.5) is 5.69 Å². The summed E-state index contributed by atoms with van der Waals surface area (Å²) in [5, 5.41) is 3.03. The number of carbonyl (C=O) groups is 1. The number of hydrogen-bond acceptors (Lipinski definition) is 2. The molecule has 0 bridgehead atoms. The molecule has 1 fully saturated rings. The summed E-state index contributed by atoms with van der Waals surface area (Å²) in [4.78, 5) is 14.8. The Morgan fingerprint density at radius 1 is 1.37 bits per heavy atom. The monoisotopic (exact) mass is 258 g/mol. The molecular formula is C16H22N2O. The Morgan fingerprint density at radius 3 is 3.05 bits per heavy atom. The number of hydrogen-bond donors (Lipinski definition) is 1. The molecule has 19 heavy (non-hydrogen) atoms. The smallest absolute Gasteiger partial charge is 0.232 e. The molecule has 2 atom stereocenters. The van der Waals surface area contributed by atoms with E-state index in [1.54, 1.807) is 0 Å². The average molecular weight is 258 g/mol. The number of nitrogens with zero attached hydrogens (tertiary/aromatic N) is 1. The maximum Gasteiger partial charge on any atom is 0.232 e. The molecule has 0 radical (unpaired) electrons. The zero-order chi connectivity index (χ0) is 13.2. The lowest BCUT2D eigenvalue weighted by Gasteiger charge is -2.34. The van der Waals surface area contributed by atoms with Crippen LogP contribution in [0.5, 0.6) is 0 Å². The van der Waals surface area contributed by atoms with E-state index in [-0.39, 0.29) is 11.8 Å². The van der Waals surface area contributed by atoms with Gasteiger partial charge in [0.25, 0.3) is 0 Å². The number of fused-ring (bicyclic) bond motifs is 1. The molecule has 102 valence electrons. The summed E-state index contributed by atoms with van der Waals surface area (Å²) in [5.74, 6) is 0.740. The van der Waals surface area contributed by atoms with Gasteiger partial charge in [0, 0.05) is 12.2 Å². The van der Waals surface area contributed by atoms with Crippen LogP contribution in [-0.2, 0) is 4.79 Å². The number of amides is 1. The van der Waals surface area contributed by atoms with Crippen molar-refractivity contribution in [1.29, 1.82) is 0 Å². The second-order valence-electron chi connectivity index (χ2n) is 5.76. The van der Waals surface area contributed by atoms with Crippen LogP contribution < -0.4 is 5.32 Å². The highest BCUT2D eigenvalue weighted by Gasteiger charge is 2.38. The zero-order valence-electron chi connectivity index (χ0n) is 11.6. The Labute approximate surface area is 115 Å². The molecule has 1 N–H and O–H groups in total. The van der Waals surface area contributed by atoms with Crippen LogP contribution in [0, 0.1) is 5.92 Å². The predicted molar refractivity (Wildman–Crippen MR) is 77.3 cm³/mol. The lowest BCUT2D eigenvalue weighted by molar-refractivity contribution is -0.118. The Morgan fingerprint density at radius 2 is 2.21 bits per heavy atom. The summed E-state index contributed by atoms with van der Waals surface area (Å²) >= 11 is 0. The first-order valence-electron chi connectivity index (χ1n) is 7.41. The third kappa shape index (κ3) is 2.39. The van der Waals surface area contributed by atoms with E-state index >= 15 is 0 Å². The summed E-state index contributed by atoms with van der Waals surface area (Å²) < 4.78 is 0. The number of para-hydroxylation sites is 1. The Hall–Kier alpha value is -1.35. The van der Waals surface area contributed by atoms with Crippen molar-refractivity contribution in [2.75, 3.05) is 25.0 Å². The van der Waals surface area contributed by atoms with Crippen LogP contribution in [-0.4, -0.2) is 30.4 Å². The minimum atomic E-state index is 0.0656. The van der Waals surface area contributed by atoms with Gasteiger partial charge in [0.2, 0.25) is 5.91 Å². The lowest BCUT2D eigenvalue weighted by Crippen LogP contribution is -2.39. The summed E-state index contributed by atoms with van der Waals surface area (Å²) in [5.41, 5.74) is 2.22. The fourth-order valence-corrected chi connectivity index (χ4v) is 3.58. The number of benzene rings is 1. The first kappa shape index (κ1) is 12.7. The molecule has 1 aromatic carbocycles. The first-order chi connectivity index (χ1) is 9.29. The second kappa shape index (κ2) is 5.33. The molecule has 3 nitrogen and oxygen atoms in total. The van der Waals surface area contributed by atoms with Gasteiger partial charge in [-0.15, -0.1) is 0 Å². The largest absolute Gasteiger partial charge is 0.325 e. The molecule has 0 spiro atoms. The van der Waals surface area contributed by atoms with Crippen molar-refractivity contribution in [3.63, 3.8) is 0 Å². The van der Waals surface area contributed by atoms with Gasteiger partial charge in [-0.25, -0.2) is 0 Å². The Bertz CT molecular complexity index is 470. The van der Waals surface area contributed by atoms with Crippen LogP contribution in [0.15, 0.2) is 24.3 Å². The minimum Gasteiger partial charge on any atom is -0.325 e. The second-order valence-corrected chi connectivity index (χ2v) is 5.76. The molecule has 0 unspecified atom stereocenters. The van der Waals surface area contributed by atoms with Gasteiger partial charge in [-0.1, -0.05) is 25.1 Å². The van der Waals surface area contributed by atoms with E-state index in [2.05, 4.69) is 23.2 Å². The maximum atomic E-state index is 12.3. The quantitative estimate of drug-likeness (QED) is 0.904. The number of anilines is 1. The molecule has 2 heterocycles. The van der Waals surface area contributed by atoms with Crippen molar-refractivity contribution in [2.24, 2.45) is 5.92 Å². The van der Waals surface area contributed by atoms with E-state index in [0.717, 1.165) is 18.8 Å². The van der Waals surface area contributed by atoms with Gasteiger partial charge in [-0.3, -0.25) is 4.79 Å². The number of nitrogens with one attached hydrogen (secondary N) is 1. The lowest BCUT2D eigenvalue weighted by atomic mass is 9.82. The summed E-state index contributed by atoms with van der Waals surface area (Å²) in [6, 6.07) is 8.15. The third-order valence-electron chi connectivity index (χ3n) is 4.39. The summed E-state index contributed by atoms with van der Waals surface area (Å²) in [7, 11) is 0. The van der Waals surface area contributed by atoms with Crippen LogP contribution in [0.2, 0.25) is 0 Å². The van der Waals surface area contributed by atoms with E-state index in [4.69, 9.17) is 0 Å². The molecule has 1 aromatic rings. The van der Waals surface area contributed by atoms with Crippen molar-refractivity contribution in [3.05, 3.63) is 29.8 Å². The highest BCUT2D eigenvalue weighted by Crippen LogP contribution is 2.40. The van der Waals surface area contributed by atoms with Gasteiger partial charge in [0.05, 0.1) is 5.92 Å². The summed E-state index contributed by atoms with van der Waals surface area (Å²) in [6.45, 7) is 5.65. The molecule has 0 saturated carbocycles.